The van der Waals surface area contributed by atoms with E-state index in [1.54, 1.807) is 24.3 Å². The zero-order valence-electron chi connectivity index (χ0n) is 17.8. The molecule has 0 radical (unpaired) electrons. The molecular weight excluding hydrogens is 476 g/mol. The van der Waals surface area contributed by atoms with Crippen LogP contribution in [-0.2, 0) is 4.79 Å². The summed E-state index contributed by atoms with van der Waals surface area (Å²) in [7, 11) is 0. The molecule has 1 aromatic heterocycles. The molecular formula is C25H23ClN2O3S2. The molecule has 0 saturated heterocycles. The van der Waals surface area contributed by atoms with Crippen LogP contribution in [0.4, 0.5) is 5.69 Å². The molecule has 4 unspecified atom stereocenters. The maximum Gasteiger partial charge on any atom is 0.305 e. The van der Waals surface area contributed by atoms with Gasteiger partial charge in [0, 0.05) is 32.3 Å². The van der Waals surface area contributed by atoms with Gasteiger partial charge in [-0.3, -0.25) is 9.59 Å². The van der Waals surface area contributed by atoms with E-state index in [1.807, 2.05) is 30.0 Å². The first kappa shape index (κ1) is 21.3. The van der Waals surface area contributed by atoms with Gasteiger partial charge in [-0.25, -0.2) is 0 Å². The summed E-state index contributed by atoms with van der Waals surface area (Å²) < 4.78 is 6.07. The number of aromatic amines is 1. The van der Waals surface area contributed by atoms with Crippen LogP contribution in [0.3, 0.4) is 0 Å². The van der Waals surface area contributed by atoms with E-state index in [9.17, 15) is 9.59 Å². The van der Waals surface area contributed by atoms with Gasteiger partial charge in [-0.1, -0.05) is 41.1 Å². The Morgan fingerprint density at radius 2 is 1.91 bits per heavy atom. The lowest BCUT2D eigenvalue weighted by atomic mass is 9.74. The Kier molecular flexibility index (Phi) is 5.51. The maximum atomic E-state index is 12.5. The average Bonchev–Trinajstić information content (AvgIpc) is 3.52. The quantitative estimate of drug-likeness (QED) is 0.469. The Labute approximate surface area is 204 Å². The number of fused-ring (bicyclic) bond motifs is 6. The molecule has 2 aliphatic carbocycles. The van der Waals surface area contributed by atoms with Gasteiger partial charge in [0.05, 0.1) is 5.03 Å². The van der Waals surface area contributed by atoms with Crippen molar-refractivity contribution in [2.45, 2.75) is 35.5 Å². The predicted octanol–water partition coefficient (Wildman–Crippen LogP) is 5.76. The van der Waals surface area contributed by atoms with E-state index in [2.05, 4.69) is 16.4 Å². The first-order valence-corrected chi connectivity index (χ1v) is 13.3. The zero-order valence-corrected chi connectivity index (χ0v) is 20.1. The van der Waals surface area contributed by atoms with Crippen molar-refractivity contribution < 1.29 is 9.53 Å². The van der Waals surface area contributed by atoms with Crippen LogP contribution in [0.25, 0.3) is 0 Å². The van der Waals surface area contributed by atoms with Gasteiger partial charge >= 0.3 is 4.87 Å². The molecule has 3 aliphatic rings. The number of para-hydroxylation sites is 1. The van der Waals surface area contributed by atoms with Crippen molar-refractivity contribution >= 4 is 46.3 Å². The highest BCUT2D eigenvalue weighted by atomic mass is 35.5. The third-order valence-electron chi connectivity index (χ3n) is 7.21. The molecule has 6 rings (SSSR count). The zero-order chi connectivity index (χ0) is 22.5. The predicted molar refractivity (Wildman–Crippen MR) is 133 cm³/mol. The summed E-state index contributed by atoms with van der Waals surface area (Å²) in [6.45, 7) is -0.0858. The van der Waals surface area contributed by atoms with Crippen molar-refractivity contribution in [3.63, 3.8) is 0 Å². The number of H-pyrrole nitrogens is 1. The summed E-state index contributed by atoms with van der Waals surface area (Å²) in [5, 5.41) is 5.03. The number of halogens is 1. The third kappa shape index (κ3) is 3.90. The molecule has 2 aromatic carbocycles. The highest BCUT2D eigenvalue weighted by Gasteiger charge is 2.55. The molecule has 2 fully saturated rings. The van der Waals surface area contributed by atoms with E-state index in [0.29, 0.717) is 33.5 Å². The Bertz CT molecular complexity index is 1260. The normalized spacial score (nSPS) is 27.1. The molecule has 170 valence electrons. The Morgan fingerprint density at radius 1 is 1.12 bits per heavy atom. The topological polar surface area (TPSA) is 71.2 Å². The van der Waals surface area contributed by atoms with Crippen LogP contribution in [-0.4, -0.2) is 22.7 Å². The number of carbonyl (C=O) groups excluding carboxylic acids is 1. The monoisotopic (exact) mass is 498 g/mol. The van der Waals surface area contributed by atoms with Gasteiger partial charge in [-0.2, -0.15) is 0 Å². The maximum absolute atomic E-state index is 12.5. The highest BCUT2D eigenvalue weighted by molar-refractivity contribution is 8.00. The summed E-state index contributed by atoms with van der Waals surface area (Å²) in [6, 6.07) is 15.0. The smallest absolute Gasteiger partial charge is 0.305 e. The van der Waals surface area contributed by atoms with E-state index in [4.69, 9.17) is 16.3 Å². The molecule has 0 spiro atoms. The molecule has 2 N–H and O–H groups in total. The first-order valence-electron chi connectivity index (χ1n) is 11.2. The number of thioether (sulfide) groups is 1. The lowest BCUT2D eigenvalue weighted by molar-refractivity contribution is -0.118. The fraction of sp³-hybridized carbons (Fsp3) is 0.360. The Balaban J connectivity index is 1.28. The minimum atomic E-state index is -0.226. The first-order chi connectivity index (χ1) is 16.1. The van der Waals surface area contributed by atoms with Crippen molar-refractivity contribution in [3.8, 4) is 5.75 Å². The molecule has 8 heteroatoms. The summed E-state index contributed by atoms with van der Waals surface area (Å²) in [4.78, 5) is 29.0. The standard InChI is InChI=1S/C25H23ClN2O3S2/c26-15-7-9-16(10-8-15)27-19(29)12-31-18-4-2-1-3-17(18)21-20-13-5-6-14(11-13)22(20)32-24-23(21)33-25(30)28-24/h1-4,7-10,13-14,20-22H,5-6,11-12H2,(H,27,29)(H,28,30)/t13?,14?,20?,21-,22?/m1/s1. The minimum Gasteiger partial charge on any atom is -0.483 e. The fourth-order valence-corrected chi connectivity index (χ4v) is 8.95. The van der Waals surface area contributed by atoms with Gasteiger partial charge in [0.2, 0.25) is 0 Å². The second-order valence-electron chi connectivity index (χ2n) is 9.06. The second kappa shape index (κ2) is 8.53. The van der Waals surface area contributed by atoms with Crippen LogP contribution < -0.4 is 14.9 Å². The van der Waals surface area contributed by atoms with Crippen LogP contribution >= 0.6 is 34.7 Å². The molecule has 33 heavy (non-hydrogen) atoms. The number of hydrogen-bond donors (Lipinski definition) is 2. The number of benzene rings is 2. The van der Waals surface area contributed by atoms with E-state index < -0.39 is 0 Å². The van der Waals surface area contributed by atoms with Gasteiger partial charge in [0.25, 0.3) is 5.91 Å². The number of rotatable bonds is 5. The molecule has 2 saturated carbocycles. The number of anilines is 1. The van der Waals surface area contributed by atoms with Crippen molar-refractivity contribution in [3.05, 3.63) is 73.7 Å². The Hall–Kier alpha value is -2.22. The molecule has 5 atom stereocenters. The number of aromatic nitrogens is 1. The fourth-order valence-electron chi connectivity index (χ4n) is 5.94. The summed E-state index contributed by atoms with van der Waals surface area (Å²) in [6.07, 6.45) is 3.84. The minimum absolute atomic E-state index is 0.00515. The lowest BCUT2D eigenvalue weighted by Crippen LogP contribution is -2.34. The third-order valence-corrected chi connectivity index (χ3v) is 10.1. The molecule has 2 heterocycles. The van der Waals surface area contributed by atoms with Crippen LogP contribution in [0.5, 0.6) is 5.75 Å². The number of amides is 1. The molecule has 1 aliphatic heterocycles. The number of hydrogen-bond acceptors (Lipinski definition) is 5. The van der Waals surface area contributed by atoms with E-state index in [1.165, 1.54) is 30.6 Å². The number of ether oxygens (including phenoxy) is 1. The van der Waals surface area contributed by atoms with Crippen LogP contribution in [0.1, 0.15) is 35.6 Å². The van der Waals surface area contributed by atoms with Crippen molar-refractivity contribution in [2.24, 2.45) is 17.8 Å². The summed E-state index contributed by atoms with van der Waals surface area (Å²) >= 11 is 9.12. The Morgan fingerprint density at radius 3 is 2.76 bits per heavy atom. The van der Waals surface area contributed by atoms with E-state index in [0.717, 1.165) is 21.4 Å². The van der Waals surface area contributed by atoms with Crippen molar-refractivity contribution in [2.75, 3.05) is 11.9 Å². The SMILES string of the molecule is O=C(COc1ccccc1[C@H]1c2sc(=O)[nH]c2SC2C3CCC(C3)C21)Nc1ccc(Cl)cc1. The van der Waals surface area contributed by atoms with E-state index in [-0.39, 0.29) is 23.3 Å². The van der Waals surface area contributed by atoms with Crippen molar-refractivity contribution in [1.29, 1.82) is 0 Å². The van der Waals surface area contributed by atoms with Crippen LogP contribution in [0, 0.1) is 17.8 Å². The molecule has 5 nitrogen and oxygen atoms in total. The van der Waals surface area contributed by atoms with Gasteiger partial charge in [-0.15, -0.1) is 11.8 Å². The second-order valence-corrected chi connectivity index (χ2v) is 11.7. The highest BCUT2D eigenvalue weighted by Crippen LogP contribution is 2.64. The van der Waals surface area contributed by atoms with Crippen molar-refractivity contribution in [1.82, 2.24) is 4.98 Å². The lowest BCUT2D eigenvalue weighted by Gasteiger charge is -2.40. The molecule has 1 amide bonds. The molecule has 3 aromatic rings. The molecule has 2 bridgehead atoms. The number of thiazole rings is 1. The van der Waals surface area contributed by atoms with Gasteiger partial charge in [0.1, 0.15) is 5.75 Å². The summed E-state index contributed by atoms with van der Waals surface area (Å²) in [5.41, 5.74) is 1.76. The van der Waals surface area contributed by atoms with Gasteiger partial charge < -0.3 is 15.0 Å². The number of carbonyl (C=O) groups is 1. The van der Waals surface area contributed by atoms with Crippen LogP contribution in [0.15, 0.2) is 58.4 Å². The number of nitrogens with one attached hydrogen (secondary N) is 2. The summed E-state index contributed by atoms with van der Waals surface area (Å²) in [5.74, 6) is 2.53. The van der Waals surface area contributed by atoms with E-state index >= 15 is 0 Å². The largest absolute Gasteiger partial charge is 0.483 e. The average molecular weight is 499 g/mol. The van der Waals surface area contributed by atoms with Crippen LogP contribution in [0.2, 0.25) is 5.02 Å². The van der Waals surface area contributed by atoms with Gasteiger partial charge in [0.15, 0.2) is 6.61 Å². The van der Waals surface area contributed by atoms with Gasteiger partial charge in [-0.05, 0) is 67.3 Å².